The minimum absolute atomic E-state index is 0.382. The van der Waals surface area contributed by atoms with Gasteiger partial charge in [-0.2, -0.15) is 0 Å². The Labute approximate surface area is 92.5 Å². The first kappa shape index (κ1) is 11.0. The highest BCUT2D eigenvalue weighted by Gasteiger charge is 2.18. The van der Waals surface area contributed by atoms with E-state index in [1.54, 1.807) is 24.6 Å². The summed E-state index contributed by atoms with van der Waals surface area (Å²) in [6.07, 6.45) is 0.381. The summed E-state index contributed by atoms with van der Waals surface area (Å²) < 4.78 is 14.7. The first-order chi connectivity index (χ1) is 7.50. The standard InChI is InChI=1S/C11H14FN3O/c1-6(13)10(16)9-4-7-3-8(12)5-14-11(7)15(9)2/h3-6,10,16H,13H2,1-2H3. The first-order valence-corrected chi connectivity index (χ1v) is 5.05. The summed E-state index contributed by atoms with van der Waals surface area (Å²) in [5.41, 5.74) is 6.91. The highest BCUT2D eigenvalue weighted by Crippen LogP contribution is 2.23. The topological polar surface area (TPSA) is 64.1 Å². The Kier molecular flexibility index (Phi) is 2.65. The molecule has 5 heteroatoms. The molecule has 0 radical (unpaired) electrons. The first-order valence-electron chi connectivity index (χ1n) is 5.05. The molecule has 2 aromatic rings. The van der Waals surface area contributed by atoms with Crippen molar-refractivity contribution in [1.82, 2.24) is 9.55 Å². The number of halogens is 1. The van der Waals surface area contributed by atoms with Gasteiger partial charge in [0.15, 0.2) is 0 Å². The summed E-state index contributed by atoms with van der Waals surface area (Å²) >= 11 is 0. The van der Waals surface area contributed by atoms with Gasteiger partial charge in [-0.3, -0.25) is 0 Å². The molecule has 0 fully saturated rings. The quantitative estimate of drug-likeness (QED) is 0.801. The number of hydrogen-bond donors (Lipinski definition) is 2. The number of aromatic nitrogens is 2. The van der Waals surface area contributed by atoms with Crippen LogP contribution in [0.25, 0.3) is 11.0 Å². The average Bonchev–Trinajstić information content (AvgIpc) is 2.54. The maximum absolute atomic E-state index is 13.0. The smallest absolute Gasteiger partial charge is 0.142 e. The van der Waals surface area contributed by atoms with Crippen LogP contribution in [0.5, 0.6) is 0 Å². The second-order valence-corrected chi connectivity index (χ2v) is 4.00. The van der Waals surface area contributed by atoms with Crippen molar-refractivity contribution in [3.05, 3.63) is 29.8 Å². The molecule has 0 aromatic carbocycles. The van der Waals surface area contributed by atoms with Gasteiger partial charge in [-0.25, -0.2) is 9.37 Å². The fourth-order valence-corrected chi connectivity index (χ4v) is 1.77. The highest BCUT2D eigenvalue weighted by molar-refractivity contribution is 5.77. The van der Waals surface area contributed by atoms with E-state index >= 15 is 0 Å². The van der Waals surface area contributed by atoms with Gasteiger partial charge in [-0.1, -0.05) is 0 Å². The molecule has 0 spiro atoms. The predicted molar refractivity (Wildman–Crippen MR) is 59.3 cm³/mol. The zero-order valence-corrected chi connectivity index (χ0v) is 9.18. The van der Waals surface area contributed by atoms with Crippen LogP contribution in [0.4, 0.5) is 4.39 Å². The maximum Gasteiger partial charge on any atom is 0.142 e. The molecule has 2 heterocycles. The molecule has 0 aliphatic rings. The summed E-state index contributed by atoms with van der Waals surface area (Å²) in [6, 6.07) is 2.71. The third-order valence-corrected chi connectivity index (χ3v) is 2.67. The van der Waals surface area contributed by atoms with Gasteiger partial charge >= 0.3 is 0 Å². The molecule has 0 saturated heterocycles. The van der Waals surface area contributed by atoms with Crippen molar-refractivity contribution in [2.24, 2.45) is 12.8 Å². The molecule has 0 bridgehead atoms. The van der Waals surface area contributed by atoms with Crippen LogP contribution in [0.2, 0.25) is 0 Å². The van der Waals surface area contributed by atoms with Crippen LogP contribution < -0.4 is 5.73 Å². The monoisotopic (exact) mass is 223 g/mol. The van der Waals surface area contributed by atoms with E-state index in [4.69, 9.17) is 5.73 Å². The number of aryl methyl sites for hydroxylation is 1. The van der Waals surface area contributed by atoms with E-state index in [1.165, 1.54) is 6.07 Å². The molecule has 4 nitrogen and oxygen atoms in total. The number of aliphatic hydroxyl groups excluding tert-OH is 1. The summed E-state index contributed by atoms with van der Waals surface area (Å²) in [6.45, 7) is 1.72. The Hall–Kier alpha value is -1.46. The van der Waals surface area contributed by atoms with Crippen molar-refractivity contribution in [3.63, 3.8) is 0 Å². The van der Waals surface area contributed by atoms with Crippen LogP contribution in [0.15, 0.2) is 18.3 Å². The van der Waals surface area contributed by atoms with Crippen LogP contribution in [0, 0.1) is 5.82 Å². The Bertz CT molecular complexity index is 521. The van der Waals surface area contributed by atoms with Gasteiger partial charge in [-0.15, -0.1) is 0 Å². The molecule has 0 aliphatic heterocycles. The predicted octanol–water partition coefficient (Wildman–Crippen LogP) is 1.09. The summed E-state index contributed by atoms with van der Waals surface area (Å²) in [7, 11) is 1.77. The number of nitrogens with two attached hydrogens (primary N) is 1. The van der Waals surface area contributed by atoms with Crippen LogP contribution >= 0.6 is 0 Å². The molecule has 2 atom stereocenters. The third kappa shape index (κ3) is 1.68. The second kappa shape index (κ2) is 3.84. The number of nitrogens with zero attached hydrogens (tertiary/aromatic N) is 2. The van der Waals surface area contributed by atoms with E-state index in [0.29, 0.717) is 16.7 Å². The van der Waals surface area contributed by atoms with Gasteiger partial charge in [-0.05, 0) is 19.1 Å². The van der Waals surface area contributed by atoms with Gasteiger partial charge in [0.2, 0.25) is 0 Å². The van der Waals surface area contributed by atoms with Crippen molar-refractivity contribution < 1.29 is 9.50 Å². The van der Waals surface area contributed by atoms with Gasteiger partial charge in [0.05, 0.1) is 11.9 Å². The molecule has 2 unspecified atom stereocenters. The van der Waals surface area contributed by atoms with E-state index < -0.39 is 6.10 Å². The van der Waals surface area contributed by atoms with E-state index in [-0.39, 0.29) is 11.9 Å². The van der Waals surface area contributed by atoms with Crippen LogP contribution in [0.3, 0.4) is 0 Å². The van der Waals surface area contributed by atoms with Gasteiger partial charge in [0.25, 0.3) is 0 Å². The lowest BCUT2D eigenvalue weighted by Gasteiger charge is -2.15. The van der Waals surface area contributed by atoms with Gasteiger partial charge in [0.1, 0.15) is 17.6 Å². The maximum atomic E-state index is 13.0. The zero-order chi connectivity index (χ0) is 11.9. The molecule has 3 N–H and O–H groups in total. The van der Waals surface area contributed by atoms with Crippen LogP contribution in [-0.4, -0.2) is 20.7 Å². The number of rotatable bonds is 2. The highest BCUT2D eigenvalue weighted by atomic mass is 19.1. The molecule has 0 amide bonds. The molecule has 0 saturated carbocycles. The Morgan fingerprint density at radius 3 is 2.81 bits per heavy atom. The number of hydrogen-bond acceptors (Lipinski definition) is 3. The van der Waals surface area contributed by atoms with Crippen molar-refractivity contribution in [2.75, 3.05) is 0 Å². The van der Waals surface area contributed by atoms with Crippen molar-refractivity contribution in [2.45, 2.75) is 19.1 Å². The van der Waals surface area contributed by atoms with Crippen molar-refractivity contribution in [3.8, 4) is 0 Å². The van der Waals surface area contributed by atoms with Crippen LogP contribution in [-0.2, 0) is 7.05 Å². The van der Waals surface area contributed by atoms with E-state index in [0.717, 1.165) is 6.20 Å². The SMILES string of the molecule is CC(N)C(O)c1cc2cc(F)cnc2n1C. The molecule has 16 heavy (non-hydrogen) atoms. The minimum atomic E-state index is -0.776. The molecule has 0 aliphatic carbocycles. The molecule has 86 valence electrons. The summed E-state index contributed by atoms with van der Waals surface area (Å²) in [5.74, 6) is -0.389. The summed E-state index contributed by atoms with van der Waals surface area (Å²) in [4.78, 5) is 3.98. The minimum Gasteiger partial charge on any atom is -0.385 e. The Balaban J connectivity index is 2.60. The molecular formula is C11H14FN3O. The Morgan fingerprint density at radius 2 is 2.19 bits per heavy atom. The fraction of sp³-hybridized carbons (Fsp3) is 0.364. The number of pyridine rings is 1. The van der Waals surface area contributed by atoms with Crippen molar-refractivity contribution in [1.29, 1.82) is 0 Å². The van der Waals surface area contributed by atoms with E-state index in [9.17, 15) is 9.50 Å². The molecule has 2 rings (SSSR count). The van der Waals surface area contributed by atoms with Crippen molar-refractivity contribution >= 4 is 11.0 Å². The third-order valence-electron chi connectivity index (χ3n) is 2.67. The fourth-order valence-electron chi connectivity index (χ4n) is 1.77. The lowest BCUT2D eigenvalue weighted by Crippen LogP contribution is -2.25. The average molecular weight is 223 g/mol. The second-order valence-electron chi connectivity index (χ2n) is 4.00. The zero-order valence-electron chi connectivity index (χ0n) is 9.18. The van der Waals surface area contributed by atoms with E-state index in [2.05, 4.69) is 4.98 Å². The number of fused-ring (bicyclic) bond motifs is 1. The normalized spacial score (nSPS) is 15.3. The van der Waals surface area contributed by atoms with Crippen LogP contribution in [0.1, 0.15) is 18.7 Å². The molecule has 2 aromatic heterocycles. The molecular weight excluding hydrogens is 209 g/mol. The summed E-state index contributed by atoms with van der Waals surface area (Å²) in [5, 5.41) is 10.5. The lowest BCUT2D eigenvalue weighted by atomic mass is 10.1. The van der Waals surface area contributed by atoms with E-state index in [1.807, 2.05) is 0 Å². The van der Waals surface area contributed by atoms with Gasteiger partial charge in [0, 0.05) is 18.5 Å². The Morgan fingerprint density at radius 1 is 1.50 bits per heavy atom. The van der Waals surface area contributed by atoms with Gasteiger partial charge < -0.3 is 15.4 Å². The largest absolute Gasteiger partial charge is 0.385 e. The lowest BCUT2D eigenvalue weighted by molar-refractivity contribution is 0.146. The number of aliphatic hydroxyl groups is 1.